The molecule has 2 aromatic carbocycles. The number of hydrogen-bond donors (Lipinski definition) is 3. The second-order valence-corrected chi connectivity index (χ2v) is 8.37. The molecule has 0 spiro atoms. The topological polar surface area (TPSA) is 96.5 Å². The number of hydrogen-bond acceptors (Lipinski definition) is 4. The van der Waals surface area contributed by atoms with E-state index in [-0.39, 0.29) is 24.8 Å². The summed E-state index contributed by atoms with van der Waals surface area (Å²) in [7, 11) is 0. The van der Waals surface area contributed by atoms with Gasteiger partial charge in [0.05, 0.1) is 16.9 Å². The first-order chi connectivity index (χ1) is 13.7. The molecule has 0 fully saturated rings. The second-order valence-electron chi connectivity index (χ2n) is 7.21. The fourth-order valence-corrected chi connectivity index (χ4v) is 2.97. The quantitative estimate of drug-likeness (QED) is 0.504. The molecule has 0 heterocycles. The summed E-state index contributed by atoms with van der Waals surface area (Å²) in [5, 5.41) is 8.12. The average Bonchev–Trinajstić information content (AvgIpc) is 2.62. The van der Waals surface area contributed by atoms with E-state index in [2.05, 4.69) is 38.5 Å². The third-order valence-corrected chi connectivity index (χ3v) is 4.53. The predicted octanol–water partition coefficient (Wildman–Crippen LogP) is 4.40. The van der Waals surface area contributed by atoms with Crippen molar-refractivity contribution in [2.24, 2.45) is 0 Å². The molecule has 0 bridgehead atoms. The molecule has 2 rings (SSSR count). The summed E-state index contributed by atoms with van der Waals surface area (Å²) < 4.78 is 5.95. The number of amides is 3. The lowest BCUT2D eigenvalue weighted by molar-refractivity contribution is -0.116. The maximum absolute atomic E-state index is 12.5. The maximum Gasteiger partial charge on any atom is 0.407 e. The highest BCUT2D eigenvalue weighted by molar-refractivity contribution is 14.1. The highest BCUT2D eigenvalue weighted by Gasteiger charge is 2.16. The number of ether oxygens (including phenoxy) is 1. The predicted molar refractivity (Wildman–Crippen MR) is 121 cm³/mol. The summed E-state index contributed by atoms with van der Waals surface area (Å²) in [6.07, 6.45) is -0.506. The van der Waals surface area contributed by atoms with Crippen LogP contribution in [0.4, 0.5) is 16.2 Å². The van der Waals surface area contributed by atoms with Gasteiger partial charge in [0, 0.05) is 16.5 Å². The third-order valence-electron chi connectivity index (χ3n) is 3.59. The van der Waals surface area contributed by atoms with E-state index in [9.17, 15) is 14.4 Å². The third kappa shape index (κ3) is 7.72. The molecule has 0 radical (unpaired) electrons. The van der Waals surface area contributed by atoms with Crippen LogP contribution < -0.4 is 16.0 Å². The lowest BCUT2D eigenvalue weighted by Gasteiger charge is -2.19. The second kappa shape index (κ2) is 10.2. The van der Waals surface area contributed by atoms with Crippen LogP contribution in [0.3, 0.4) is 0 Å². The Morgan fingerprint density at radius 3 is 2.14 bits per heavy atom. The molecule has 0 saturated carbocycles. The molecule has 29 heavy (non-hydrogen) atoms. The van der Waals surface area contributed by atoms with Gasteiger partial charge < -0.3 is 20.7 Å². The molecule has 0 saturated heterocycles. The van der Waals surface area contributed by atoms with Crippen molar-refractivity contribution in [2.45, 2.75) is 32.8 Å². The van der Waals surface area contributed by atoms with Crippen LogP contribution >= 0.6 is 22.6 Å². The van der Waals surface area contributed by atoms with Gasteiger partial charge in [-0.3, -0.25) is 9.59 Å². The van der Waals surface area contributed by atoms with Crippen molar-refractivity contribution in [3.8, 4) is 0 Å². The number of carbonyl (C=O) groups excluding carboxylic acids is 3. The minimum atomic E-state index is -0.597. The van der Waals surface area contributed by atoms with Crippen LogP contribution in [0.15, 0.2) is 48.5 Å². The smallest absolute Gasteiger partial charge is 0.407 e. The van der Waals surface area contributed by atoms with Crippen molar-refractivity contribution in [1.29, 1.82) is 0 Å². The zero-order valence-corrected chi connectivity index (χ0v) is 18.7. The molecule has 3 amide bonds. The van der Waals surface area contributed by atoms with Gasteiger partial charge in [0.2, 0.25) is 5.91 Å². The van der Waals surface area contributed by atoms with Crippen LogP contribution in [-0.2, 0) is 9.53 Å². The van der Waals surface area contributed by atoms with E-state index in [0.717, 1.165) is 3.57 Å². The Morgan fingerprint density at radius 2 is 1.52 bits per heavy atom. The number of anilines is 2. The van der Waals surface area contributed by atoms with Crippen molar-refractivity contribution in [1.82, 2.24) is 5.32 Å². The molecule has 0 unspecified atom stereocenters. The minimum Gasteiger partial charge on any atom is -0.444 e. The number of carbonyl (C=O) groups is 3. The van der Waals surface area contributed by atoms with Gasteiger partial charge in [-0.25, -0.2) is 4.79 Å². The number of rotatable bonds is 6. The fraction of sp³-hybridized carbons (Fsp3) is 0.286. The Morgan fingerprint density at radius 1 is 0.931 bits per heavy atom. The van der Waals surface area contributed by atoms with Crippen LogP contribution in [-0.4, -0.2) is 30.1 Å². The van der Waals surface area contributed by atoms with Gasteiger partial charge in [0.1, 0.15) is 5.60 Å². The average molecular weight is 509 g/mol. The Balaban J connectivity index is 1.93. The summed E-state index contributed by atoms with van der Waals surface area (Å²) in [6, 6.07) is 14.2. The molecule has 7 nitrogen and oxygen atoms in total. The molecule has 154 valence electrons. The summed E-state index contributed by atoms with van der Waals surface area (Å²) in [5.74, 6) is -0.555. The normalized spacial score (nSPS) is 10.8. The molecule has 8 heteroatoms. The lowest BCUT2D eigenvalue weighted by atomic mass is 10.2. The van der Waals surface area contributed by atoms with E-state index in [4.69, 9.17) is 4.74 Å². The van der Waals surface area contributed by atoms with Gasteiger partial charge in [-0.2, -0.15) is 0 Å². The highest BCUT2D eigenvalue weighted by atomic mass is 127. The zero-order chi connectivity index (χ0) is 21.4. The van der Waals surface area contributed by atoms with Gasteiger partial charge in [0.25, 0.3) is 5.91 Å². The number of alkyl carbamates (subject to hydrolysis) is 1. The van der Waals surface area contributed by atoms with Gasteiger partial charge in [-0.05, 0) is 67.6 Å². The van der Waals surface area contributed by atoms with Crippen molar-refractivity contribution < 1.29 is 19.1 Å². The minimum absolute atomic E-state index is 0.0676. The molecule has 0 aliphatic carbocycles. The fourth-order valence-electron chi connectivity index (χ4n) is 2.34. The van der Waals surface area contributed by atoms with Gasteiger partial charge in [0.15, 0.2) is 0 Å². The van der Waals surface area contributed by atoms with Gasteiger partial charge >= 0.3 is 6.09 Å². The Labute approximate surface area is 183 Å². The molecule has 0 aliphatic rings. The summed E-state index contributed by atoms with van der Waals surface area (Å²) in [5.41, 5.74) is 0.926. The number of nitrogens with one attached hydrogen (secondary N) is 3. The monoisotopic (exact) mass is 509 g/mol. The maximum atomic E-state index is 12.5. The van der Waals surface area contributed by atoms with Gasteiger partial charge in [-0.1, -0.05) is 24.3 Å². The van der Waals surface area contributed by atoms with E-state index in [1.54, 1.807) is 57.2 Å². The first kappa shape index (κ1) is 22.7. The molecule has 0 atom stereocenters. The molecule has 0 aromatic heterocycles. The lowest BCUT2D eigenvalue weighted by Crippen LogP contribution is -2.34. The first-order valence-corrected chi connectivity index (χ1v) is 10.2. The molecule has 0 aliphatic heterocycles. The van der Waals surface area contributed by atoms with Crippen LogP contribution in [0.1, 0.15) is 37.6 Å². The van der Waals surface area contributed by atoms with E-state index in [1.165, 1.54) is 0 Å². The number of para-hydroxylation sites is 2. The SMILES string of the molecule is CC(C)(C)OC(=O)NCCC(=O)Nc1ccccc1NC(=O)c1ccccc1I. The van der Waals surface area contributed by atoms with Gasteiger partial charge in [-0.15, -0.1) is 0 Å². The van der Waals surface area contributed by atoms with E-state index >= 15 is 0 Å². The summed E-state index contributed by atoms with van der Waals surface area (Å²) in [6.45, 7) is 5.43. The zero-order valence-electron chi connectivity index (χ0n) is 16.5. The Hall–Kier alpha value is -2.62. The molecular weight excluding hydrogens is 485 g/mol. The summed E-state index contributed by atoms with van der Waals surface area (Å²) >= 11 is 2.10. The van der Waals surface area contributed by atoms with Crippen LogP contribution in [0.25, 0.3) is 0 Å². The Kier molecular flexibility index (Phi) is 8.00. The summed E-state index contributed by atoms with van der Waals surface area (Å²) in [4.78, 5) is 36.4. The molecule has 3 N–H and O–H groups in total. The van der Waals surface area contributed by atoms with E-state index in [1.807, 2.05) is 12.1 Å². The number of halogens is 1. The van der Waals surface area contributed by atoms with E-state index in [0.29, 0.717) is 16.9 Å². The highest BCUT2D eigenvalue weighted by Crippen LogP contribution is 2.23. The van der Waals surface area contributed by atoms with Crippen molar-refractivity contribution in [3.63, 3.8) is 0 Å². The van der Waals surface area contributed by atoms with Crippen molar-refractivity contribution >= 4 is 51.9 Å². The molecule has 2 aromatic rings. The van der Waals surface area contributed by atoms with Crippen molar-refractivity contribution in [2.75, 3.05) is 17.2 Å². The largest absolute Gasteiger partial charge is 0.444 e. The molecular formula is C21H24IN3O4. The first-order valence-electron chi connectivity index (χ1n) is 9.07. The van der Waals surface area contributed by atoms with E-state index < -0.39 is 11.7 Å². The number of benzene rings is 2. The van der Waals surface area contributed by atoms with Crippen LogP contribution in [0.5, 0.6) is 0 Å². The Bertz CT molecular complexity index is 893. The van der Waals surface area contributed by atoms with Crippen LogP contribution in [0, 0.1) is 3.57 Å². The standard InChI is InChI=1S/C21H24IN3O4/c1-21(2,3)29-20(28)23-13-12-18(26)24-16-10-6-7-11-17(16)25-19(27)14-8-4-5-9-15(14)22/h4-11H,12-13H2,1-3H3,(H,23,28)(H,24,26)(H,25,27). The van der Waals surface area contributed by atoms with Crippen molar-refractivity contribution in [3.05, 3.63) is 57.7 Å². The van der Waals surface area contributed by atoms with Crippen LogP contribution in [0.2, 0.25) is 0 Å².